The first-order valence-electron chi connectivity index (χ1n) is 4.28. The quantitative estimate of drug-likeness (QED) is 0.365. The van der Waals surface area contributed by atoms with Crippen LogP contribution in [0.1, 0.15) is 13.3 Å². The van der Waals surface area contributed by atoms with Crippen LogP contribution in [0.15, 0.2) is 0 Å². The number of rotatable bonds is 5. The summed E-state index contributed by atoms with van der Waals surface area (Å²) in [7, 11) is -0.787. The summed E-state index contributed by atoms with van der Waals surface area (Å²) >= 11 is 4.24. The Morgan fingerprint density at radius 3 is 2.00 bits per heavy atom. The van der Waals surface area contributed by atoms with E-state index in [0.29, 0.717) is 0 Å². The highest BCUT2D eigenvalue weighted by atomic mass is 128. The van der Waals surface area contributed by atoms with Crippen LogP contribution in [0, 0.1) is 0 Å². The Balaban J connectivity index is 0. The van der Waals surface area contributed by atoms with E-state index >= 15 is 0 Å². The summed E-state index contributed by atoms with van der Waals surface area (Å²) in [6, 6.07) is 1.40. The molecule has 0 rings (SSSR count). The van der Waals surface area contributed by atoms with Gasteiger partial charge >= 0.3 is 0 Å². The molecule has 76 valence electrons. The average Bonchev–Trinajstić information content (AvgIpc) is 2.01. The molecule has 4 heteroatoms. The second-order valence-electron chi connectivity index (χ2n) is 3.86. The minimum Gasteiger partial charge on any atom is -0.382 e. The lowest BCUT2D eigenvalue weighted by atomic mass is 10.5. The molecule has 0 amide bonds. The van der Waals surface area contributed by atoms with E-state index in [9.17, 15) is 0 Å². The van der Waals surface area contributed by atoms with Gasteiger partial charge in [0, 0.05) is 58.5 Å². The minimum absolute atomic E-state index is 0.787. The van der Waals surface area contributed by atoms with Crippen LogP contribution in [0.25, 0.3) is 0 Å². The summed E-state index contributed by atoms with van der Waals surface area (Å²) in [6.45, 7) is 11.1. The van der Waals surface area contributed by atoms with Crippen LogP contribution in [-0.4, -0.2) is 21.3 Å². The molecule has 0 fully saturated rings. The van der Waals surface area contributed by atoms with E-state index in [4.69, 9.17) is 4.74 Å². The van der Waals surface area contributed by atoms with Gasteiger partial charge in [-0.1, -0.05) is 25.7 Å². The van der Waals surface area contributed by atoms with Crippen molar-refractivity contribution in [2.24, 2.45) is 0 Å². The van der Waals surface area contributed by atoms with Gasteiger partial charge in [0.15, 0.2) is 0 Å². The molecule has 0 saturated heterocycles. The molecule has 0 aromatic heterocycles. The van der Waals surface area contributed by atoms with E-state index in [2.05, 4.69) is 63.8 Å². The Morgan fingerprint density at radius 1 is 1.17 bits per heavy atom. The molecule has 0 aliphatic rings. The molecule has 0 aliphatic carbocycles. The second kappa shape index (κ2) is 10.7. The fraction of sp³-hybridized carbons (Fsp3) is 1.00. The zero-order valence-corrected chi connectivity index (χ0v) is 13.8. The van der Waals surface area contributed by atoms with Gasteiger partial charge in [0.2, 0.25) is 0 Å². The Hall–Kier alpha value is 1.64. The van der Waals surface area contributed by atoms with Gasteiger partial charge in [-0.2, -0.15) is 0 Å². The van der Waals surface area contributed by atoms with Crippen LogP contribution < -0.4 is 0 Å². The minimum atomic E-state index is -0.787. The molecule has 0 aliphatic heterocycles. The largest absolute Gasteiger partial charge is 0.382 e. The highest BCUT2D eigenvalue weighted by Gasteiger charge is 2.11. The molecule has 0 saturated carbocycles. The van der Waals surface area contributed by atoms with Crippen LogP contribution >= 0.6 is 37.2 Å². The van der Waals surface area contributed by atoms with Gasteiger partial charge < -0.3 is 4.74 Å². The van der Waals surface area contributed by atoms with Crippen LogP contribution in [0.2, 0.25) is 25.7 Å². The molecule has 0 atom stereocenters. The fourth-order valence-electron chi connectivity index (χ4n) is 0.849. The first kappa shape index (κ1) is 16.1. The first-order chi connectivity index (χ1) is 5.56. The van der Waals surface area contributed by atoms with Gasteiger partial charge in [-0.15, -0.1) is 0 Å². The van der Waals surface area contributed by atoms with Crippen molar-refractivity contribution in [3.63, 3.8) is 0 Å². The van der Waals surface area contributed by atoms with Gasteiger partial charge in [0.1, 0.15) is 0 Å². The van der Waals surface area contributed by atoms with E-state index in [1.165, 1.54) is 12.5 Å². The topological polar surface area (TPSA) is 9.23 Å². The Bertz CT molecular complexity index is 83.6. The zero-order valence-electron chi connectivity index (χ0n) is 8.49. The molecular weight excluding hydrogens is 394 g/mol. The van der Waals surface area contributed by atoms with Crippen molar-refractivity contribution in [2.45, 2.75) is 39.0 Å². The summed E-state index contributed by atoms with van der Waals surface area (Å²) < 4.78 is 5.25. The molecule has 0 heterocycles. The number of ether oxygens (including phenoxy) is 1. The normalized spacial score (nSPS) is 10.5. The predicted molar refractivity (Wildman–Crippen MR) is 77.3 cm³/mol. The Morgan fingerprint density at radius 2 is 1.67 bits per heavy atom. The van der Waals surface area contributed by atoms with Crippen molar-refractivity contribution >= 4 is 45.3 Å². The average molecular weight is 414 g/mol. The van der Waals surface area contributed by atoms with Gasteiger partial charge in [-0.25, -0.2) is 0 Å². The standard InChI is InChI=1S/C8H20OSi.I2/c1-5-9-7-6-8-10(2,3)4;1-2/h5-8H2,1-4H3;. The fourth-order valence-corrected chi connectivity index (χ4v) is 2.05. The maximum atomic E-state index is 5.25. The maximum Gasteiger partial charge on any atom is 0.0463 e. The lowest BCUT2D eigenvalue weighted by Crippen LogP contribution is -2.19. The molecule has 0 aromatic rings. The van der Waals surface area contributed by atoms with E-state index in [1.54, 1.807) is 0 Å². The number of halogens is 2. The van der Waals surface area contributed by atoms with E-state index in [-0.39, 0.29) is 0 Å². The molecular formula is C8H20I2OSi. The van der Waals surface area contributed by atoms with E-state index in [1.807, 2.05) is 0 Å². The van der Waals surface area contributed by atoms with Crippen molar-refractivity contribution in [3.8, 4) is 0 Å². The molecule has 0 N–H and O–H groups in total. The summed E-state index contributed by atoms with van der Waals surface area (Å²) in [4.78, 5) is 0. The van der Waals surface area contributed by atoms with Gasteiger partial charge in [0.05, 0.1) is 0 Å². The van der Waals surface area contributed by atoms with Crippen LogP contribution in [0.5, 0.6) is 0 Å². The van der Waals surface area contributed by atoms with E-state index < -0.39 is 8.07 Å². The third kappa shape index (κ3) is 17.7. The molecule has 0 unspecified atom stereocenters. The van der Waals surface area contributed by atoms with Gasteiger partial charge in [-0.05, 0) is 13.3 Å². The van der Waals surface area contributed by atoms with Crippen molar-refractivity contribution in [3.05, 3.63) is 0 Å². The maximum absolute atomic E-state index is 5.25. The molecule has 0 radical (unpaired) electrons. The van der Waals surface area contributed by atoms with Crippen LogP contribution in [-0.2, 0) is 4.74 Å². The highest BCUT2D eigenvalue weighted by Crippen LogP contribution is 2.10. The van der Waals surface area contributed by atoms with Crippen molar-refractivity contribution in [2.75, 3.05) is 13.2 Å². The third-order valence-corrected chi connectivity index (χ3v) is 3.27. The number of hydrogen-bond acceptors (Lipinski definition) is 1. The molecule has 0 aromatic carbocycles. The lowest BCUT2D eigenvalue weighted by molar-refractivity contribution is 0.148. The first-order valence-corrected chi connectivity index (χ1v) is 14.3. The zero-order chi connectivity index (χ0) is 10.0. The monoisotopic (exact) mass is 414 g/mol. The SMILES string of the molecule is CCOCCC[Si](C)(C)C.II. The summed E-state index contributed by atoms with van der Waals surface area (Å²) in [5.41, 5.74) is 0. The smallest absolute Gasteiger partial charge is 0.0463 e. The third-order valence-electron chi connectivity index (χ3n) is 1.42. The molecule has 12 heavy (non-hydrogen) atoms. The summed E-state index contributed by atoms with van der Waals surface area (Å²) in [5, 5.41) is 0. The van der Waals surface area contributed by atoms with E-state index in [0.717, 1.165) is 13.2 Å². The Labute approximate surface area is 101 Å². The van der Waals surface area contributed by atoms with Crippen molar-refractivity contribution < 1.29 is 4.74 Å². The molecule has 0 bridgehead atoms. The van der Waals surface area contributed by atoms with Gasteiger partial charge in [0.25, 0.3) is 0 Å². The van der Waals surface area contributed by atoms with Crippen molar-refractivity contribution in [1.82, 2.24) is 0 Å². The molecule has 1 nitrogen and oxygen atoms in total. The lowest BCUT2D eigenvalue weighted by Gasteiger charge is -2.14. The summed E-state index contributed by atoms with van der Waals surface area (Å²) in [6.07, 6.45) is 1.25. The van der Waals surface area contributed by atoms with Crippen molar-refractivity contribution in [1.29, 1.82) is 0 Å². The predicted octanol–water partition coefficient (Wildman–Crippen LogP) is 4.52. The van der Waals surface area contributed by atoms with Crippen LogP contribution in [0.4, 0.5) is 0 Å². The second-order valence-corrected chi connectivity index (χ2v) is 9.48. The highest BCUT2D eigenvalue weighted by molar-refractivity contribution is 15.0. The summed E-state index contributed by atoms with van der Waals surface area (Å²) in [5.74, 6) is 0. The Kier molecular flexibility index (Phi) is 14.4. The van der Waals surface area contributed by atoms with Crippen LogP contribution in [0.3, 0.4) is 0 Å². The number of hydrogen-bond donors (Lipinski definition) is 0. The molecule has 0 spiro atoms. The van der Waals surface area contributed by atoms with Gasteiger partial charge in [-0.3, -0.25) is 0 Å².